The average molecular weight is 156 g/mol. The Morgan fingerprint density at radius 2 is 1.82 bits per heavy atom. The molecule has 2 saturated carbocycles. The Morgan fingerprint density at radius 1 is 1.09 bits per heavy atom. The summed E-state index contributed by atoms with van der Waals surface area (Å²) in [6.07, 6.45) is 4.98. The number of hydrogen-bond acceptors (Lipinski definition) is 1. The molecule has 1 N–H and O–H groups in total. The first kappa shape index (κ1) is 9.05. The number of aliphatic hydroxyl groups is 1. The molecular weight excluding hydrogens is 136 g/mol. The predicted molar refractivity (Wildman–Crippen MR) is 47.3 cm³/mol. The molecule has 2 bridgehead atoms. The first-order chi connectivity index (χ1) is 4.77. The van der Waals surface area contributed by atoms with Crippen LogP contribution in [-0.2, 0) is 0 Å². The van der Waals surface area contributed by atoms with Crippen LogP contribution in [0.15, 0.2) is 0 Å². The van der Waals surface area contributed by atoms with Gasteiger partial charge in [-0.05, 0) is 43.4 Å². The molecule has 2 aliphatic rings. The van der Waals surface area contributed by atoms with E-state index in [2.05, 4.69) is 6.92 Å². The van der Waals surface area contributed by atoms with Gasteiger partial charge in [-0.25, -0.2) is 0 Å². The van der Waals surface area contributed by atoms with E-state index >= 15 is 0 Å². The summed E-state index contributed by atoms with van der Waals surface area (Å²) in [5, 5.41) is 9.51. The second kappa shape index (κ2) is 3.14. The first-order valence-electron chi connectivity index (χ1n) is 4.45. The van der Waals surface area contributed by atoms with E-state index in [0.29, 0.717) is 5.92 Å². The van der Waals surface area contributed by atoms with Gasteiger partial charge >= 0.3 is 0 Å². The van der Waals surface area contributed by atoms with Gasteiger partial charge in [-0.1, -0.05) is 14.4 Å². The Hall–Kier alpha value is -0.0400. The van der Waals surface area contributed by atoms with Gasteiger partial charge in [-0.3, -0.25) is 0 Å². The maximum absolute atomic E-state index is 9.51. The number of aliphatic hydroxyl groups excluding tert-OH is 1. The highest BCUT2D eigenvalue weighted by Gasteiger charge is 2.38. The summed E-state index contributed by atoms with van der Waals surface area (Å²) in [4.78, 5) is 0. The van der Waals surface area contributed by atoms with Gasteiger partial charge in [0.05, 0.1) is 6.10 Å². The minimum atomic E-state index is 0. The molecule has 11 heavy (non-hydrogen) atoms. The Bertz CT molecular complexity index is 131. The van der Waals surface area contributed by atoms with Crippen molar-refractivity contribution < 1.29 is 5.11 Å². The molecule has 0 spiro atoms. The zero-order valence-electron chi connectivity index (χ0n) is 6.59. The molecule has 2 rings (SSSR count). The van der Waals surface area contributed by atoms with Gasteiger partial charge in [-0.2, -0.15) is 0 Å². The second-order valence-electron chi connectivity index (χ2n) is 4.11. The van der Waals surface area contributed by atoms with Crippen LogP contribution in [0.25, 0.3) is 0 Å². The molecule has 2 unspecified atom stereocenters. The van der Waals surface area contributed by atoms with Gasteiger partial charge in [-0.15, -0.1) is 0 Å². The summed E-state index contributed by atoms with van der Waals surface area (Å²) >= 11 is 0. The fourth-order valence-corrected chi connectivity index (χ4v) is 2.72. The molecule has 0 aromatic carbocycles. The third-order valence-corrected chi connectivity index (χ3v) is 3.46. The molecule has 0 aromatic heterocycles. The molecular formula is C10H20O. The zero-order valence-corrected chi connectivity index (χ0v) is 6.59. The van der Waals surface area contributed by atoms with Crippen LogP contribution >= 0.6 is 0 Å². The third kappa shape index (κ3) is 1.44. The minimum Gasteiger partial charge on any atom is -0.393 e. The SMILES string of the molecule is C.CC1C[C@H]2C[C@@H]1CCC2O. The van der Waals surface area contributed by atoms with E-state index in [-0.39, 0.29) is 13.5 Å². The van der Waals surface area contributed by atoms with Crippen molar-refractivity contribution >= 4 is 0 Å². The van der Waals surface area contributed by atoms with Crippen LogP contribution in [-0.4, -0.2) is 11.2 Å². The van der Waals surface area contributed by atoms with Crippen LogP contribution in [0.4, 0.5) is 0 Å². The van der Waals surface area contributed by atoms with E-state index in [1.54, 1.807) is 0 Å². The van der Waals surface area contributed by atoms with Crippen molar-refractivity contribution in [3.8, 4) is 0 Å². The van der Waals surface area contributed by atoms with Crippen molar-refractivity contribution in [2.75, 3.05) is 0 Å². The fourth-order valence-electron chi connectivity index (χ4n) is 2.72. The van der Waals surface area contributed by atoms with Gasteiger partial charge in [0, 0.05) is 0 Å². The lowest BCUT2D eigenvalue weighted by atomic mass is 9.86. The van der Waals surface area contributed by atoms with Crippen molar-refractivity contribution in [3.05, 3.63) is 0 Å². The fraction of sp³-hybridized carbons (Fsp3) is 1.00. The molecule has 0 aliphatic heterocycles. The third-order valence-electron chi connectivity index (χ3n) is 3.46. The van der Waals surface area contributed by atoms with E-state index in [9.17, 15) is 5.11 Å². The number of hydrogen-bond donors (Lipinski definition) is 1. The maximum atomic E-state index is 9.51. The lowest BCUT2D eigenvalue weighted by Crippen LogP contribution is -2.22. The lowest BCUT2D eigenvalue weighted by Gasteiger charge is -2.24. The van der Waals surface area contributed by atoms with Crippen LogP contribution < -0.4 is 0 Å². The summed E-state index contributed by atoms with van der Waals surface area (Å²) in [6.45, 7) is 2.34. The molecule has 0 aromatic rings. The van der Waals surface area contributed by atoms with Crippen molar-refractivity contribution in [1.82, 2.24) is 0 Å². The van der Waals surface area contributed by atoms with Crippen molar-refractivity contribution in [2.45, 2.75) is 46.1 Å². The number of rotatable bonds is 0. The summed E-state index contributed by atoms with van der Waals surface area (Å²) in [5.74, 6) is 2.50. The molecule has 0 radical (unpaired) electrons. The van der Waals surface area contributed by atoms with Gasteiger partial charge in [0.1, 0.15) is 0 Å². The quantitative estimate of drug-likeness (QED) is 0.571. The van der Waals surface area contributed by atoms with Crippen molar-refractivity contribution in [2.24, 2.45) is 17.8 Å². The van der Waals surface area contributed by atoms with Crippen LogP contribution in [0.3, 0.4) is 0 Å². The van der Waals surface area contributed by atoms with Crippen LogP contribution in [0, 0.1) is 17.8 Å². The summed E-state index contributed by atoms with van der Waals surface area (Å²) in [5.41, 5.74) is 0. The molecule has 4 atom stereocenters. The molecule has 0 amide bonds. The van der Waals surface area contributed by atoms with Gasteiger partial charge < -0.3 is 5.11 Å². The van der Waals surface area contributed by atoms with E-state index in [1.165, 1.54) is 19.3 Å². The summed E-state index contributed by atoms with van der Waals surface area (Å²) < 4.78 is 0. The van der Waals surface area contributed by atoms with Crippen molar-refractivity contribution in [3.63, 3.8) is 0 Å². The summed E-state index contributed by atoms with van der Waals surface area (Å²) in [7, 11) is 0. The Kier molecular flexibility index (Phi) is 2.58. The van der Waals surface area contributed by atoms with E-state index in [0.717, 1.165) is 18.3 Å². The van der Waals surface area contributed by atoms with Gasteiger partial charge in [0.15, 0.2) is 0 Å². The zero-order chi connectivity index (χ0) is 7.14. The molecule has 1 heteroatoms. The van der Waals surface area contributed by atoms with E-state index in [1.807, 2.05) is 0 Å². The standard InChI is InChI=1S/C9H16O.CH4/c1-6-4-8-5-7(6)2-3-9(8)10;/h6-10H,2-5H2,1H3;1H4/t6?,7-,8-,9?;/m0./s1. The molecule has 66 valence electrons. The van der Waals surface area contributed by atoms with Crippen LogP contribution in [0.5, 0.6) is 0 Å². The molecule has 2 fully saturated rings. The largest absolute Gasteiger partial charge is 0.393 e. The second-order valence-corrected chi connectivity index (χ2v) is 4.11. The molecule has 0 saturated heterocycles. The number of fused-ring (bicyclic) bond motifs is 2. The Morgan fingerprint density at radius 3 is 2.45 bits per heavy atom. The predicted octanol–water partition coefficient (Wildman–Crippen LogP) is 2.44. The smallest absolute Gasteiger partial charge is 0.0568 e. The topological polar surface area (TPSA) is 20.2 Å². The normalized spacial score (nSPS) is 48.5. The molecule has 0 heterocycles. The summed E-state index contributed by atoms with van der Waals surface area (Å²) in [6, 6.07) is 0. The Labute approximate surface area is 69.8 Å². The van der Waals surface area contributed by atoms with Gasteiger partial charge in [0.25, 0.3) is 0 Å². The lowest BCUT2D eigenvalue weighted by molar-refractivity contribution is 0.0768. The highest BCUT2D eigenvalue weighted by atomic mass is 16.3. The van der Waals surface area contributed by atoms with Gasteiger partial charge in [0.2, 0.25) is 0 Å². The van der Waals surface area contributed by atoms with Crippen LogP contribution in [0.2, 0.25) is 0 Å². The highest BCUT2D eigenvalue weighted by molar-refractivity contribution is 4.89. The Balaban J connectivity index is 0.000000605. The van der Waals surface area contributed by atoms with Crippen molar-refractivity contribution in [1.29, 1.82) is 0 Å². The maximum Gasteiger partial charge on any atom is 0.0568 e. The van der Waals surface area contributed by atoms with E-state index in [4.69, 9.17) is 0 Å². The highest BCUT2D eigenvalue weighted by Crippen LogP contribution is 2.45. The minimum absolute atomic E-state index is 0. The molecule has 2 aliphatic carbocycles. The van der Waals surface area contributed by atoms with E-state index < -0.39 is 0 Å². The molecule has 1 nitrogen and oxygen atoms in total. The average Bonchev–Trinajstić information content (AvgIpc) is 2.21. The monoisotopic (exact) mass is 156 g/mol. The first-order valence-corrected chi connectivity index (χ1v) is 4.45. The van der Waals surface area contributed by atoms with Crippen LogP contribution in [0.1, 0.15) is 40.0 Å².